The van der Waals surface area contributed by atoms with Crippen molar-refractivity contribution in [3.63, 3.8) is 0 Å². The summed E-state index contributed by atoms with van der Waals surface area (Å²) in [7, 11) is 0. The molecule has 0 amide bonds. The monoisotopic (exact) mass is 302 g/mol. The predicted molar refractivity (Wildman–Crippen MR) is 89.7 cm³/mol. The number of rotatable bonds is 8. The second-order valence-corrected chi connectivity index (χ2v) is 7.18. The molecule has 22 heavy (non-hydrogen) atoms. The van der Waals surface area contributed by atoms with Gasteiger partial charge in [-0.05, 0) is 69.0 Å². The normalized spacial score (nSPS) is 26.8. The third-order valence-electron chi connectivity index (χ3n) is 5.37. The molecule has 3 unspecified atom stereocenters. The first-order valence-corrected chi connectivity index (χ1v) is 9.14. The molecule has 0 aliphatic heterocycles. The number of hydrogen-bond donors (Lipinski definition) is 2. The number of pyridine rings is 1. The van der Waals surface area contributed by atoms with Crippen LogP contribution in [0, 0.1) is 11.8 Å². The zero-order valence-electron chi connectivity index (χ0n) is 13.6. The van der Waals surface area contributed by atoms with Gasteiger partial charge in [-0.1, -0.05) is 18.9 Å². The number of nitrogens with one attached hydrogen (secondary N) is 1. The van der Waals surface area contributed by atoms with Gasteiger partial charge in [-0.2, -0.15) is 0 Å². The van der Waals surface area contributed by atoms with Crippen LogP contribution in [0.3, 0.4) is 0 Å². The first-order chi connectivity index (χ1) is 10.8. The summed E-state index contributed by atoms with van der Waals surface area (Å²) in [6, 6.07) is 6.79. The van der Waals surface area contributed by atoms with Gasteiger partial charge in [0.25, 0.3) is 0 Å². The van der Waals surface area contributed by atoms with Crippen molar-refractivity contribution in [2.45, 2.75) is 69.9 Å². The molecule has 3 rings (SSSR count). The lowest BCUT2D eigenvalue weighted by Gasteiger charge is -2.27. The lowest BCUT2D eigenvalue weighted by Crippen LogP contribution is -2.34. The van der Waals surface area contributed by atoms with Crippen LogP contribution in [-0.4, -0.2) is 28.8 Å². The number of hydrogen-bond acceptors (Lipinski definition) is 3. The van der Waals surface area contributed by atoms with Crippen LogP contribution in [0.15, 0.2) is 24.4 Å². The van der Waals surface area contributed by atoms with Gasteiger partial charge in [-0.15, -0.1) is 0 Å². The minimum Gasteiger partial charge on any atom is -0.393 e. The Morgan fingerprint density at radius 2 is 2.05 bits per heavy atom. The second kappa shape index (κ2) is 8.07. The summed E-state index contributed by atoms with van der Waals surface area (Å²) < 4.78 is 0. The molecule has 1 aromatic heterocycles. The molecular formula is C19H30N2O. The van der Waals surface area contributed by atoms with E-state index in [1.807, 2.05) is 12.3 Å². The van der Waals surface area contributed by atoms with E-state index >= 15 is 0 Å². The molecule has 1 aromatic rings. The topological polar surface area (TPSA) is 45.1 Å². The minimum atomic E-state index is -0.0403. The highest BCUT2D eigenvalue weighted by Gasteiger charge is 2.31. The molecule has 122 valence electrons. The smallest absolute Gasteiger partial charge is 0.0568 e. The molecule has 2 aliphatic carbocycles. The van der Waals surface area contributed by atoms with E-state index in [9.17, 15) is 5.11 Å². The predicted octanol–water partition coefficient (Wildman–Crippen LogP) is 3.32. The van der Waals surface area contributed by atoms with Crippen molar-refractivity contribution in [2.24, 2.45) is 11.8 Å². The highest BCUT2D eigenvalue weighted by atomic mass is 16.3. The van der Waals surface area contributed by atoms with Crippen LogP contribution in [0.25, 0.3) is 0 Å². The van der Waals surface area contributed by atoms with E-state index in [1.54, 1.807) is 0 Å². The number of aromatic nitrogens is 1. The Bertz CT molecular complexity index is 432. The van der Waals surface area contributed by atoms with Crippen LogP contribution >= 0.6 is 0 Å². The fraction of sp³-hybridized carbons (Fsp3) is 0.737. The zero-order valence-corrected chi connectivity index (χ0v) is 13.6. The van der Waals surface area contributed by atoms with E-state index in [2.05, 4.69) is 22.4 Å². The van der Waals surface area contributed by atoms with Gasteiger partial charge in [0.15, 0.2) is 0 Å². The Morgan fingerprint density at radius 1 is 1.18 bits per heavy atom. The lowest BCUT2D eigenvalue weighted by molar-refractivity contribution is 0.0642. The van der Waals surface area contributed by atoms with E-state index < -0.39 is 0 Å². The fourth-order valence-corrected chi connectivity index (χ4v) is 3.82. The summed E-state index contributed by atoms with van der Waals surface area (Å²) in [5, 5.41) is 13.8. The van der Waals surface area contributed by atoms with E-state index in [4.69, 9.17) is 0 Å². The standard InChI is InChI=1S/C19H30N2O/c22-19-9-2-1-6-16(19)7-5-13-21-18(15-10-11-15)14-17-8-3-4-12-20-17/h3-4,8,12,15-16,18-19,21-22H,1-2,5-7,9-11,13-14H2. The molecule has 0 aromatic carbocycles. The quantitative estimate of drug-likeness (QED) is 0.724. The molecule has 0 spiro atoms. The van der Waals surface area contributed by atoms with Crippen molar-refractivity contribution in [1.82, 2.24) is 10.3 Å². The van der Waals surface area contributed by atoms with Crippen molar-refractivity contribution in [2.75, 3.05) is 6.54 Å². The molecule has 0 bridgehead atoms. The summed E-state index contributed by atoms with van der Waals surface area (Å²) in [5.41, 5.74) is 1.20. The molecule has 2 saturated carbocycles. The van der Waals surface area contributed by atoms with Crippen LogP contribution in [0.4, 0.5) is 0 Å². The van der Waals surface area contributed by atoms with E-state index in [0.717, 1.165) is 25.3 Å². The summed E-state index contributed by atoms with van der Waals surface area (Å²) in [5.74, 6) is 1.40. The molecule has 0 radical (unpaired) electrons. The Balaban J connectivity index is 1.38. The fourth-order valence-electron chi connectivity index (χ4n) is 3.82. The number of aliphatic hydroxyl groups excluding tert-OH is 1. The molecule has 2 N–H and O–H groups in total. The van der Waals surface area contributed by atoms with Gasteiger partial charge >= 0.3 is 0 Å². The minimum absolute atomic E-state index is 0.0403. The Morgan fingerprint density at radius 3 is 2.77 bits per heavy atom. The summed E-state index contributed by atoms with van der Waals surface area (Å²) in [4.78, 5) is 4.47. The molecule has 1 heterocycles. The van der Waals surface area contributed by atoms with Crippen LogP contribution in [0.1, 0.15) is 57.1 Å². The van der Waals surface area contributed by atoms with Crippen LogP contribution in [0.2, 0.25) is 0 Å². The first-order valence-electron chi connectivity index (χ1n) is 9.14. The van der Waals surface area contributed by atoms with Gasteiger partial charge in [-0.25, -0.2) is 0 Å². The van der Waals surface area contributed by atoms with Crippen molar-refractivity contribution in [3.8, 4) is 0 Å². The molecule has 3 atom stereocenters. The van der Waals surface area contributed by atoms with Gasteiger partial charge in [0.1, 0.15) is 0 Å². The first kappa shape index (κ1) is 15.9. The van der Waals surface area contributed by atoms with Crippen LogP contribution in [-0.2, 0) is 6.42 Å². The summed E-state index contributed by atoms with van der Waals surface area (Å²) in [6.45, 7) is 1.08. The average molecular weight is 302 g/mol. The summed E-state index contributed by atoms with van der Waals surface area (Å²) >= 11 is 0. The van der Waals surface area contributed by atoms with Gasteiger partial charge in [0, 0.05) is 24.4 Å². The largest absolute Gasteiger partial charge is 0.393 e. The molecule has 2 aliphatic rings. The van der Waals surface area contributed by atoms with E-state index in [0.29, 0.717) is 12.0 Å². The highest BCUT2D eigenvalue weighted by molar-refractivity contribution is 5.07. The SMILES string of the molecule is OC1CCCCC1CCCNC(Cc1ccccn1)C1CC1. The van der Waals surface area contributed by atoms with E-state index in [-0.39, 0.29) is 6.10 Å². The Labute approximate surface area is 134 Å². The molecule has 3 heteroatoms. The maximum absolute atomic E-state index is 10.0. The number of aliphatic hydroxyl groups is 1. The van der Waals surface area contributed by atoms with Gasteiger partial charge in [0.2, 0.25) is 0 Å². The summed E-state index contributed by atoms with van der Waals surface area (Å²) in [6.07, 6.45) is 12.8. The van der Waals surface area contributed by atoms with Gasteiger partial charge in [0.05, 0.1) is 6.10 Å². The van der Waals surface area contributed by atoms with Crippen LogP contribution < -0.4 is 5.32 Å². The molecule has 3 nitrogen and oxygen atoms in total. The maximum atomic E-state index is 10.0. The Kier molecular flexibility index (Phi) is 5.85. The van der Waals surface area contributed by atoms with Crippen LogP contribution in [0.5, 0.6) is 0 Å². The number of nitrogens with zero attached hydrogens (tertiary/aromatic N) is 1. The molecular weight excluding hydrogens is 272 g/mol. The molecule has 0 saturated heterocycles. The molecule has 2 fully saturated rings. The highest BCUT2D eigenvalue weighted by Crippen LogP contribution is 2.34. The maximum Gasteiger partial charge on any atom is 0.0568 e. The third kappa shape index (κ3) is 4.79. The van der Waals surface area contributed by atoms with E-state index in [1.165, 1.54) is 50.6 Å². The van der Waals surface area contributed by atoms with Crippen molar-refractivity contribution in [1.29, 1.82) is 0 Å². The second-order valence-electron chi connectivity index (χ2n) is 7.18. The van der Waals surface area contributed by atoms with Crippen molar-refractivity contribution >= 4 is 0 Å². The average Bonchev–Trinajstić information content (AvgIpc) is 3.38. The Hall–Kier alpha value is -0.930. The van der Waals surface area contributed by atoms with Gasteiger partial charge in [-0.3, -0.25) is 4.98 Å². The third-order valence-corrected chi connectivity index (χ3v) is 5.37. The van der Waals surface area contributed by atoms with Crippen molar-refractivity contribution in [3.05, 3.63) is 30.1 Å². The lowest BCUT2D eigenvalue weighted by atomic mass is 9.83. The van der Waals surface area contributed by atoms with Crippen molar-refractivity contribution < 1.29 is 5.11 Å². The van der Waals surface area contributed by atoms with Gasteiger partial charge < -0.3 is 10.4 Å². The zero-order chi connectivity index (χ0) is 15.2.